The quantitative estimate of drug-likeness (QED) is 0.346. The summed E-state index contributed by atoms with van der Waals surface area (Å²) in [7, 11) is 0. The van der Waals surface area contributed by atoms with Crippen LogP contribution in [0.15, 0.2) is 89.5 Å². The zero-order valence-corrected chi connectivity index (χ0v) is 19.5. The molecule has 1 saturated heterocycles. The van der Waals surface area contributed by atoms with Gasteiger partial charge in [0.2, 0.25) is 5.91 Å². The Morgan fingerprint density at radius 2 is 1.58 bits per heavy atom. The predicted molar refractivity (Wildman–Crippen MR) is 133 cm³/mol. The van der Waals surface area contributed by atoms with Crippen molar-refractivity contribution in [3.8, 4) is 6.07 Å². The molecular formula is C25H17Cl2N3O2S. The van der Waals surface area contributed by atoms with Gasteiger partial charge in [0.05, 0.1) is 5.25 Å². The molecule has 2 amide bonds. The molecule has 1 heterocycles. The molecule has 0 aromatic heterocycles. The number of amides is 2. The van der Waals surface area contributed by atoms with Gasteiger partial charge in [-0.25, -0.2) is 0 Å². The minimum atomic E-state index is -0.594. The molecule has 1 unspecified atom stereocenters. The highest BCUT2D eigenvalue weighted by Crippen LogP contribution is 2.42. The fourth-order valence-corrected chi connectivity index (χ4v) is 4.92. The number of nitrogens with zero attached hydrogens (tertiary/aromatic N) is 2. The van der Waals surface area contributed by atoms with Crippen molar-refractivity contribution >= 4 is 58.2 Å². The van der Waals surface area contributed by atoms with Gasteiger partial charge in [-0.05, 0) is 60.5 Å². The number of nitrogens with one attached hydrogen (secondary N) is 1. The van der Waals surface area contributed by atoms with Crippen LogP contribution in [0.2, 0.25) is 10.0 Å². The zero-order chi connectivity index (χ0) is 23.4. The van der Waals surface area contributed by atoms with E-state index in [9.17, 15) is 14.9 Å². The Hall–Kier alpha value is -3.24. The first-order valence-corrected chi connectivity index (χ1v) is 11.6. The molecule has 0 bridgehead atoms. The molecule has 4 rings (SSSR count). The first-order valence-electron chi connectivity index (χ1n) is 9.97. The molecule has 0 aliphatic carbocycles. The van der Waals surface area contributed by atoms with Crippen LogP contribution in [-0.2, 0) is 16.0 Å². The van der Waals surface area contributed by atoms with Gasteiger partial charge < -0.3 is 5.32 Å². The zero-order valence-electron chi connectivity index (χ0n) is 17.2. The van der Waals surface area contributed by atoms with E-state index in [4.69, 9.17) is 23.2 Å². The van der Waals surface area contributed by atoms with Crippen molar-refractivity contribution in [2.24, 2.45) is 0 Å². The van der Waals surface area contributed by atoms with E-state index < -0.39 is 11.2 Å². The molecule has 164 valence electrons. The van der Waals surface area contributed by atoms with Gasteiger partial charge in [-0.2, -0.15) is 5.26 Å². The normalized spacial score (nSPS) is 16.9. The number of para-hydroxylation sites is 1. The Balaban J connectivity index is 1.70. The summed E-state index contributed by atoms with van der Waals surface area (Å²) in [6, 6.07) is 24.8. The second kappa shape index (κ2) is 10.1. The number of halogens is 2. The first kappa shape index (κ1) is 22.9. The molecule has 8 heteroatoms. The number of carbonyl (C=O) groups excluding carboxylic acids is 2. The largest absolute Gasteiger partial charge is 0.321 e. The highest BCUT2D eigenvalue weighted by molar-refractivity contribution is 8.05. The van der Waals surface area contributed by atoms with E-state index >= 15 is 0 Å². The molecule has 0 spiro atoms. The number of benzene rings is 3. The number of hydrogen-bond acceptors (Lipinski definition) is 4. The fourth-order valence-electron chi connectivity index (χ4n) is 3.36. The molecule has 0 radical (unpaired) electrons. The van der Waals surface area contributed by atoms with E-state index in [1.807, 2.05) is 24.3 Å². The van der Waals surface area contributed by atoms with Crippen LogP contribution in [0.1, 0.15) is 5.56 Å². The van der Waals surface area contributed by atoms with Crippen LogP contribution < -0.4 is 10.2 Å². The molecule has 1 fully saturated rings. The summed E-state index contributed by atoms with van der Waals surface area (Å²) >= 11 is 13.1. The standard InChI is InChI=1S/C25H17Cl2N3O2S/c26-17-8-6-16(7-9-17)14-22-24(32)30(20-4-2-1-3-5-20)25(33-22)21(15-28)23(31)29-19-12-10-18(27)11-13-19/h1-13,22H,14H2,(H,29,31)/b25-21-. The van der Waals surface area contributed by atoms with Crippen molar-refractivity contribution < 1.29 is 9.59 Å². The average Bonchev–Trinajstić information content (AvgIpc) is 3.13. The highest BCUT2D eigenvalue weighted by Gasteiger charge is 2.40. The maximum atomic E-state index is 13.4. The Morgan fingerprint density at radius 1 is 0.970 bits per heavy atom. The number of anilines is 2. The highest BCUT2D eigenvalue weighted by atomic mass is 35.5. The Bertz CT molecular complexity index is 1250. The smallest absolute Gasteiger partial charge is 0.269 e. The molecule has 3 aromatic carbocycles. The SMILES string of the molecule is N#C/C(C(=O)Nc1ccc(Cl)cc1)=C1/SC(Cc2ccc(Cl)cc2)C(=O)N1c1ccccc1. The Labute approximate surface area is 205 Å². The van der Waals surface area contributed by atoms with Crippen molar-refractivity contribution in [2.45, 2.75) is 11.7 Å². The predicted octanol–water partition coefficient (Wildman–Crippen LogP) is 6.06. The van der Waals surface area contributed by atoms with E-state index in [2.05, 4.69) is 5.32 Å². The van der Waals surface area contributed by atoms with Gasteiger partial charge in [0.15, 0.2) is 0 Å². The summed E-state index contributed by atoms with van der Waals surface area (Å²) in [5, 5.41) is 13.5. The van der Waals surface area contributed by atoms with Gasteiger partial charge in [0.25, 0.3) is 5.91 Å². The average molecular weight is 494 g/mol. The van der Waals surface area contributed by atoms with Crippen LogP contribution in [0.3, 0.4) is 0 Å². The molecule has 1 N–H and O–H groups in total. The van der Waals surface area contributed by atoms with Crippen LogP contribution in [0.5, 0.6) is 0 Å². The number of nitriles is 1. The van der Waals surface area contributed by atoms with Gasteiger partial charge in [-0.1, -0.05) is 65.3 Å². The monoisotopic (exact) mass is 493 g/mol. The fraction of sp³-hybridized carbons (Fsp3) is 0.0800. The summed E-state index contributed by atoms with van der Waals surface area (Å²) in [6.45, 7) is 0. The van der Waals surface area contributed by atoms with E-state index in [-0.39, 0.29) is 11.5 Å². The van der Waals surface area contributed by atoms with Gasteiger partial charge in [-0.3, -0.25) is 14.5 Å². The third-order valence-electron chi connectivity index (χ3n) is 4.96. The van der Waals surface area contributed by atoms with Crippen LogP contribution in [-0.4, -0.2) is 17.1 Å². The topological polar surface area (TPSA) is 73.2 Å². The van der Waals surface area contributed by atoms with Gasteiger partial charge >= 0.3 is 0 Å². The lowest BCUT2D eigenvalue weighted by atomic mass is 10.1. The van der Waals surface area contributed by atoms with E-state index in [1.54, 1.807) is 60.7 Å². The Kier molecular flexibility index (Phi) is 7.05. The van der Waals surface area contributed by atoms with E-state index in [0.29, 0.717) is 32.9 Å². The van der Waals surface area contributed by atoms with Gasteiger partial charge in [-0.15, -0.1) is 0 Å². The van der Waals surface area contributed by atoms with Crippen LogP contribution in [0.4, 0.5) is 11.4 Å². The maximum absolute atomic E-state index is 13.4. The van der Waals surface area contributed by atoms with Gasteiger partial charge in [0, 0.05) is 21.4 Å². The summed E-state index contributed by atoms with van der Waals surface area (Å²) in [6.07, 6.45) is 0.436. The summed E-state index contributed by atoms with van der Waals surface area (Å²) in [4.78, 5) is 27.9. The second-order valence-corrected chi connectivity index (χ2v) is 9.26. The summed E-state index contributed by atoms with van der Waals surface area (Å²) in [5.74, 6) is -0.786. The Morgan fingerprint density at radius 3 is 2.18 bits per heavy atom. The lowest BCUT2D eigenvalue weighted by Gasteiger charge is -2.18. The first-order chi connectivity index (χ1) is 16.0. The molecule has 1 aliphatic heterocycles. The number of thioether (sulfide) groups is 1. The molecule has 1 atom stereocenters. The number of hydrogen-bond donors (Lipinski definition) is 1. The number of carbonyl (C=O) groups is 2. The minimum Gasteiger partial charge on any atom is -0.321 e. The second-order valence-electron chi connectivity index (χ2n) is 7.20. The van der Waals surface area contributed by atoms with Crippen molar-refractivity contribution in [3.63, 3.8) is 0 Å². The van der Waals surface area contributed by atoms with Crippen molar-refractivity contribution in [1.29, 1.82) is 5.26 Å². The van der Waals surface area contributed by atoms with Crippen molar-refractivity contribution in [3.05, 3.63) is 105 Å². The molecular weight excluding hydrogens is 477 g/mol. The summed E-state index contributed by atoms with van der Waals surface area (Å²) < 4.78 is 0. The van der Waals surface area contributed by atoms with Crippen LogP contribution >= 0.6 is 35.0 Å². The van der Waals surface area contributed by atoms with Crippen LogP contribution in [0.25, 0.3) is 0 Å². The van der Waals surface area contributed by atoms with Crippen molar-refractivity contribution in [2.75, 3.05) is 10.2 Å². The lowest BCUT2D eigenvalue weighted by Crippen LogP contribution is -2.30. The third kappa shape index (κ3) is 5.23. The van der Waals surface area contributed by atoms with Crippen molar-refractivity contribution in [1.82, 2.24) is 0 Å². The van der Waals surface area contributed by atoms with Crippen LogP contribution in [0, 0.1) is 11.3 Å². The molecule has 1 aliphatic rings. The maximum Gasteiger partial charge on any atom is 0.269 e. The molecule has 33 heavy (non-hydrogen) atoms. The lowest BCUT2D eigenvalue weighted by molar-refractivity contribution is -0.117. The van der Waals surface area contributed by atoms with E-state index in [0.717, 1.165) is 5.56 Å². The molecule has 5 nitrogen and oxygen atoms in total. The summed E-state index contributed by atoms with van der Waals surface area (Å²) in [5.41, 5.74) is 1.89. The number of rotatable bonds is 5. The molecule has 3 aromatic rings. The third-order valence-corrected chi connectivity index (χ3v) is 6.72. The van der Waals surface area contributed by atoms with E-state index in [1.165, 1.54) is 16.7 Å². The van der Waals surface area contributed by atoms with Gasteiger partial charge in [0.1, 0.15) is 16.7 Å². The molecule has 0 saturated carbocycles. The minimum absolute atomic E-state index is 0.134.